The first-order valence-electron chi connectivity index (χ1n) is 3.27. The number of hydrogen-bond acceptors (Lipinski definition) is 2. The largest absolute Gasteiger partial charge is 0.308 e. The Balaban J connectivity index is 0. The van der Waals surface area contributed by atoms with Crippen LogP contribution in [0.5, 0.6) is 0 Å². The van der Waals surface area contributed by atoms with Crippen LogP contribution in [-0.2, 0) is 0 Å². The van der Waals surface area contributed by atoms with Gasteiger partial charge in [0.15, 0.2) is 0 Å². The van der Waals surface area contributed by atoms with E-state index in [1.165, 1.54) is 0 Å². The molecule has 0 aromatic heterocycles. The van der Waals surface area contributed by atoms with Gasteiger partial charge < -0.3 is 10.6 Å². The van der Waals surface area contributed by atoms with E-state index in [0.29, 0.717) is 0 Å². The third kappa shape index (κ3) is 16.8. The van der Waals surface area contributed by atoms with Crippen LogP contribution in [0, 0.1) is 0 Å². The Morgan fingerprint density at radius 3 is 1.88 bits per heavy atom. The van der Waals surface area contributed by atoms with Crippen LogP contribution >= 0.6 is 0 Å². The molecule has 0 aliphatic rings. The predicted molar refractivity (Wildman–Crippen MR) is 39.0 cm³/mol. The molecule has 2 N–H and O–H groups in total. The van der Waals surface area contributed by atoms with Gasteiger partial charge in [0.05, 0.1) is 0 Å². The lowest BCUT2D eigenvalue weighted by Gasteiger charge is -1.94. The summed E-state index contributed by atoms with van der Waals surface area (Å²) in [7, 11) is 1.92. The second-order valence-electron chi connectivity index (χ2n) is 1.13. The van der Waals surface area contributed by atoms with E-state index in [9.17, 15) is 0 Å². The van der Waals surface area contributed by atoms with Gasteiger partial charge in [-0.05, 0) is 13.6 Å². The molecule has 2 heteroatoms. The molecule has 2 nitrogen and oxygen atoms in total. The van der Waals surface area contributed by atoms with Gasteiger partial charge in [0.1, 0.15) is 0 Å². The number of nitrogens with one attached hydrogen (secondary N) is 2. The van der Waals surface area contributed by atoms with Crippen LogP contribution < -0.4 is 10.6 Å². The molecule has 0 heterocycles. The van der Waals surface area contributed by atoms with Crippen molar-refractivity contribution < 1.29 is 0 Å². The Kier molecular flexibility index (Phi) is 21.3. The van der Waals surface area contributed by atoms with Gasteiger partial charge >= 0.3 is 0 Å². The molecular weight excluding hydrogens is 100 g/mol. The van der Waals surface area contributed by atoms with Crippen molar-refractivity contribution in [3.63, 3.8) is 0 Å². The molecule has 0 aliphatic heterocycles. The normalized spacial score (nSPS) is 7.50. The van der Waals surface area contributed by atoms with E-state index >= 15 is 0 Å². The summed E-state index contributed by atoms with van der Waals surface area (Å²) in [6, 6.07) is 0. The van der Waals surface area contributed by atoms with Crippen LogP contribution in [0.1, 0.15) is 20.8 Å². The molecule has 0 atom stereocenters. The summed E-state index contributed by atoms with van der Waals surface area (Å²) in [4.78, 5) is 0. The van der Waals surface area contributed by atoms with Crippen molar-refractivity contribution in [2.24, 2.45) is 0 Å². The van der Waals surface area contributed by atoms with Crippen molar-refractivity contribution >= 4 is 0 Å². The molecule has 0 rings (SSSR count). The van der Waals surface area contributed by atoms with Gasteiger partial charge in [0, 0.05) is 6.67 Å². The van der Waals surface area contributed by atoms with Crippen molar-refractivity contribution in [1.29, 1.82) is 0 Å². The highest BCUT2D eigenvalue weighted by Gasteiger charge is 1.68. The van der Waals surface area contributed by atoms with Crippen LogP contribution in [0.3, 0.4) is 0 Å². The highest BCUT2D eigenvalue weighted by Crippen LogP contribution is 1.44. The van der Waals surface area contributed by atoms with Crippen LogP contribution in [0.15, 0.2) is 0 Å². The van der Waals surface area contributed by atoms with Crippen molar-refractivity contribution in [3.8, 4) is 0 Å². The van der Waals surface area contributed by atoms with Gasteiger partial charge in [-0.25, -0.2) is 0 Å². The van der Waals surface area contributed by atoms with E-state index in [1.54, 1.807) is 0 Å². The van der Waals surface area contributed by atoms with Gasteiger partial charge in [-0.3, -0.25) is 0 Å². The maximum absolute atomic E-state index is 3.09. The molecule has 0 fully saturated rings. The van der Waals surface area contributed by atoms with Crippen molar-refractivity contribution in [2.75, 3.05) is 20.3 Å². The van der Waals surface area contributed by atoms with Crippen molar-refractivity contribution in [1.82, 2.24) is 10.6 Å². The molecular formula is C6H18N2. The highest BCUT2D eigenvalue weighted by molar-refractivity contribution is 4.31. The third-order valence-corrected chi connectivity index (χ3v) is 0.552. The van der Waals surface area contributed by atoms with E-state index in [4.69, 9.17) is 0 Å². The van der Waals surface area contributed by atoms with Crippen LogP contribution in [0.25, 0.3) is 0 Å². The molecule has 52 valence electrons. The summed E-state index contributed by atoms with van der Waals surface area (Å²) in [5.41, 5.74) is 0. The van der Waals surface area contributed by atoms with E-state index in [-0.39, 0.29) is 0 Å². The Bertz CT molecular complexity index is 18.5. The Morgan fingerprint density at radius 1 is 1.25 bits per heavy atom. The zero-order chi connectivity index (χ0) is 6.83. The maximum atomic E-state index is 3.09. The summed E-state index contributed by atoms with van der Waals surface area (Å²) < 4.78 is 0. The zero-order valence-corrected chi connectivity index (χ0v) is 6.41. The van der Waals surface area contributed by atoms with E-state index in [2.05, 4.69) is 17.6 Å². The fourth-order valence-corrected chi connectivity index (χ4v) is 0.250. The average molecular weight is 118 g/mol. The Hall–Kier alpha value is -0.0800. The van der Waals surface area contributed by atoms with E-state index in [1.807, 2.05) is 20.9 Å². The SMILES string of the molecule is CC.CCNCNC. The first kappa shape index (κ1) is 10.8. The molecule has 0 spiro atoms. The molecule has 0 saturated heterocycles. The monoisotopic (exact) mass is 118 g/mol. The van der Waals surface area contributed by atoms with Crippen LogP contribution in [0.4, 0.5) is 0 Å². The molecule has 0 saturated carbocycles. The Morgan fingerprint density at radius 2 is 1.75 bits per heavy atom. The Labute approximate surface area is 52.7 Å². The van der Waals surface area contributed by atoms with Gasteiger partial charge in [0.2, 0.25) is 0 Å². The molecule has 0 amide bonds. The fourth-order valence-electron chi connectivity index (χ4n) is 0.250. The summed E-state index contributed by atoms with van der Waals surface area (Å²) in [5, 5.41) is 6.04. The summed E-state index contributed by atoms with van der Waals surface area (Å²) in [6.45, 7) is 8.04. The quantitative estimate of drug-likeness (QED) is 0.423. The minimum Gasteiger partial charge on any atom is -0.308 e. The molecule has 0 unspecified atom stereocenters. The van der Waals surface area contributed by atoms with Gasteiger partial charge in [-0.15, -0.1) is 0 Å². The lowest BCUT2D eigenvalue weighted by atomic mass is 10.7. The molecule has 0 aliphatic carbocycles. The van der Waals surface area contributed by atoms with Crippen LogP contribution in [0.2, 0.25) is 0 Å². The summed E-state index contributed by atoms with van der Waals surface area (Å²) in [5.74, 6) is 0. The molecule has 0 radical (unpaired) electrons. The smallest absolute Gasteiger partial charge is 0.0451 e. The summed E-state index contributed by atoms with van der Waals surface area (Å²) >= 11 is 0. The second-order valence-corrected chi connectivity index (χ2v) is 1.13. The zero-order valence-electron chi connectivity index (χ0n) is 6.41. The van der Waals surface area contributed by atoms with Crippen LogP contribution in [-0.4, -0.2) is 20.3 Å². The maximum Gasteiger partial charge on any atom is 0.0451 e. The van der Waals surface area contributed by atoms with Gasteiger partial charge in [-0.1, -0.05) is 20.8 Å². The number of hydrogen-bond donors (Lipinski definition) is 2. The molecule has 8 heavy (non-hydrogen) atoms. The molecule has 0 aromatic carbocycles. The first-order chi connectivity index (χ1) is 3.91. The lowest BCUT2D eigenvalue weighted by Crippen LogP contribution is -2.24. The second kappa shape index (κ2) is 15.8. The topological polar surface area (TPSA) is 24.1 Å². The van der Waals surface area contributed by atoms with Gasteiger partial charge in [-0.2, -0.15) is 0 Å². The lowest BCUT2D eigenvalue weighted by molar-refractivity contribution is 0.655. The minimum atomic E-state index is 0.913. The number of rotatable bonds is 3. The average Bonchev–Trinajstić information content (AvgIpc) is 1.88. The van der Waals surface area contributed by atoms with Crippen molar-refractivity contribution in [2.45, 2.75) is 20.8 Å². The minimum absolute atomic E-state index is 0.913. The summed E-state index contributed by atoms with van der Waals surface area (Å²) in [6.07, 6.45) is 0. The fraction of sp³-hybridized carbons (Fsp3) is 1.00. The standard InChI is InChI=1S/C4H12N2.C2H6/c1-3-6-4-5-2;1-2/h5-6H,3-4H2,1-2H3;1-2H3. The van der Waals surface area contributed by atoms with Crippen molar-refractivity contribution in [3.05, 3.63) is 0 Å². The van der Waals surface area contributed by atoms with Gasteiger partial charge in [0.25, 0.3) is 0 Å². The molecule has 0 bridgehead atoms. The van der Waals surface area contributed by atoms with E-state index < -0.39 is 0 Å². The molecule has 0 aromatic rings. The van der Waals surface area contributed by atoms with E-state index in [0.717, 1.165) is 13.2 Å². The third-order valence-electron chi connectivity index (χ3n) is 0.552. The highest BCUT2D eigenvalue weighted by atomic mass is 15.0. The predicted octanol–water partition coefficient (Wildman–Crippen LogP) is 0.799. The first-order valence-corrected chi connectivity index (χ1v) is 3.27.